The largest absolute Gasteiger partial charge is 0.461 e. The number of nitrogens with one attached hydrogen (secondary N) is 1. The minimum Gasteiger partial charge on any atom is -0.461 e. The zero-order valence-corrected chi connectivity index (χ0v) is 12.6. The van der Waals surface area contributed by atoms with E-state index in [1.807, 2.05) is 29.9 Å². The highest BCUT2D eigenvalue weighted by molar-refractivity contribution is 5.92. The molecule has 0 bridgehead atoms. The van der Waals surface area contributed by atoms with Gasteiger partial charge in [0.25, 0.3) is 5.91 Å². The molecular formula is C16H17N3O4. The quantitative estimate of drug-likeness (QED) is 0.727. The lowest BCUT2D eigenvalue weighted by Crippen LogP contribution is -2.26. The molecule has 0 aromatic carbocycles. The van der Waals surface area contributed by atoms with E-state index in [1.165, 1.54) is 12.3 Å². The molecule has 3 heterocycles. The van der Waals surface area contributed by atoms with Gasteiger partial charge in [-0.05, 0) is 30.7 Å². The van der Waals surface area contributed by atoms with Gasteiger partial charge in [0.2, 0.25) is 5.76 Å². The lowest BCUT2D eigenvalue weighted by Gasteiger charge is -2.12. The summed E-state index contributed by atoms with van der Waals surface area (Å²) in [7, 11) is 1.86. The molecule has 0 aliphatic carbocycles. The highest BCUT2D eigenvalue weighted by Crippen LogP contribution is 2.20. The second-order valence-electron chi connectivity index (χ2n) is 5.16. The van der Waals surface area contributed by atoms with E-state index in [0.717, 1.165) is 5.69 Å². The number of hydrogen-bond donors (Lipinski definition) is 2. The van der Waals surface area contributed by atoms with Crippen molar-refractivity contribution in [2.24, 2.45) is 7.05 Å². The summed E-state index contributed by atoms with van der Waals surface area (Å²) in [5.74, 6) is 0.547. The standard InChI is InChI=1S/C16H17N3O4/c1-19-8-2-4-12(19)13(20)6-7-17-16(21)11-10-15(23-18-11)14-5-3-9-22-14/h2-5,8-10,13,20H,6-7H2,1H3,(H,17,21)/t13-/m0/s1. The normalized spacial score (nSPS) is 12.3. The number of amides is 1. The van der Waals surface area contributed by atoms with E-state index in [-0.39, 0.29) is 11.6 Å². The van der Waals surface area contributed by atoms with Crippen molar-refractivity contribution < 1.29 is 18.8 Å². The number of aliphatic hydroxyl groups excluding tert-OH is 1. The Labute approximate surface area is 132 Å². The Morgan fingerprint density at radius 2 is 2.26 bits per heavy atom. The summed E-state index contributed by atoms with van der Waals surface area (Å²) in [6.45, 7) is 0.328. The molecule has 0 fully saturated rings. The maximum absolute atomic E-state index is 12.0. The summed E-state index contributed by atoms with van der Waals surface area (Å²) >= 11 is 0. The smallest absolute Gasteiger partial charge is 0.273 e. The molecule has 1 amide bonds. The van der Waals surface area contributed by atoms with Crippen molar-refractivity contribution in [3.63, 3.8) is 0 Å². The van der Waals surface area contributed by atoms with E-state index >= 15 is 0 Å². The van der Waals surface area contributed by atoms with E-state index in [1.54, 1.807) is 12.1 Å². The van der Waals surface area contributed by atoms with E-state index < -0.39 is 6.10 Å². The maximum Gasteiger partial charge on any atom is 0.273 e. The summed E-state index contributed by atoms with van der Waals surface area (Å²) in [6, 6.07) is 8.67. The van der Waals surface area contributed by atoms with E-state index in [2.05, 4.69) is 10.5 Å². The highest BCUT2D eigenvalue weighted by Gasteiger charge is 2.16. The molecule has 3 aromatic rings. The maximum atomic E-state index is 12.0. The van der Waals surface area contributed by atoms with Gasteiger partial charge in [-0.1, -0.05) is 5.16 Å². The number of aliphatic hydroxyl groups is 1. The fourth-order valence-electron chi connectivity index (χ4n) is 2.30. The Bertz CT molecular complexity index is 773. The fourth-order valence-corrected chi connectivity index (χ4v) is 2.30. The minimum absolute atomic E-state index is 0.171. The van der Waals surface area contributed by atoms with Crippen LogP contribution in [0.4, 0.5) is 0 Å². The predicted octanol–water partition coefficient (Wildman–Crippen LogP) is 2.13. The molecule has 23 heavy (non-hydrogen) atoms. The Hall–Kier alpha value is -2.80. The molecular weight excluding hydrogens is 298 g/mol. The molecule has 0 spiro atoms. The van der Waals surface area contributed by atoms with Crippen LogP contribution in [0.15, 0.2) is 51.7 Å². The first-order valence-corrected chi connectivity index (χ1v) is 7.23. The van der Waals surface area contributed by atoms with Crippen molar-refractivity contribution >= 4 is 5.91 Å². The number of nitrogens with zero attached hydrogens (tertiary/aromatic N) is 2. The molecule has 3 rings (SSSR count). The van der Waals surface area contributed by atoms with E-state index in [9.17, 15) is 9.90 Å². The summed E-state index contributed by atoms with van der Waals surface area (Å²) in [4.78, 5) is 12.0. The predicted molar refractivity (Wildman–Crippen MR) is 81.5 cm³/mol. The van der Waals surface area contributed by atoms with Crippen LogP contribution in [0.25, 0.3) is 11.5 Å². The third kappa shape index (κ3) is 3.35. The fraction of sp³-hybridized carbons (Fsp3) is 0.250. The number of carbonyl (C=O) groups is 1. The Kier molecular flexibility index (Phi) is 4.29. The Balaban J connectivity index is 1.53. The van der Waals surface area contributed by atoms with Crippen LogP contribution in [-0.2, 0) is 7.05 Å². The summed E-state index contributed by atoms with van der Waals surface area (Å²) in [5.41, 5.74) is 0.977. The van der Waals surface area contributed by atoms with Gasteiger partial charge in [-0.25, -0.2) is 0 Å². The SMILES string of the molecule is Cn1cccc1[C@@H](O)CCNC(=O)c1cc(-c2ccco2)on1. The highest BCUT2D eigenvalue weighted by atomic mass is 16.5. The van der Waals surface area contributed by atoms with Gasteiger partial charge < -0.3 is 23.9 Å². The van der Waals surface area contributed by atoms with Crippen LogP contribution < -0.4 is 5.32 Å². The summed E-state index contributed by atoms with van der Waals surface area (Å²) < 4.78 is 12.1. The third-order valence-electron chi connectivity index (χ3n) is 3.54. The van der Waals surface area contributed by atoms with Gasteiger partial charge in [-0.2, -0.15) is 0 Å². The number of rotatable bonds is 6. The number of carbonyl (C=O) groups excluding carboxylic acids is 1. The molecule has 0 unspecified atom stereocenters. The zero-order valence-electron chi connectivity index (χ0n) is 12.6. The Morgan fingerprint density at radius 3 is 2.96 bits per heavy atom. The van der Waals surface area contributed by atoms with Crippen molar-refractivity contribution in [3.05, 3.63) is 54.2 Å². The zero-order chi connectivity index (χ0) is 16.2. The van der Waals surface area contributed by atoms with Crippen LogP contribution in [0, 0.1) is 0 Å². The lowest BCUT2D eigenvalue weighted by molar-refractivity contribution is 0.0932. The Morgan fingerprint density at radius 1 is 1.39 bits per heavy atom. The van der Waals surface area contributed by atoms with Gasteiger partial charge in [0.1, 0.15) is 0 Å². The third-order valence-corrected chi connectivity index (χ3v) is 3.54. The molecule has 0 aliphatic heterocycles. The number of hydrogen-bond acceptors (Lipinski definition) is 5. The van der Waals surface area contributed by atoms with E-state index in [4.69, 9.17) is 8.94 Å². The topological polar surface area (TPSA) is 93.4 Å². The van der Waals surface area contributed by atoms with Crippen molar-refractivity contribution in [3.8, 4) is 11.5 Å². The first kappa shape index (κ1) is 15.1. The molecule has 0 saturated heterocycles. The second kappa shape index (κ2) is 6.53. The molecule has 7 heteroatoms. The first-order valence-electron chi connectivity index (χ1n) is 7.23. The average Bonchev–Trinajstić information content (AvgIpc) is 3.27. The van der Waals surface area contributed by atoms with Crippen molar-refractivity contribution in [2.75, 3.05) is 6.54 Å². The van der Waals surface area contributed by atoms with Crippen LogP contribution in [-0.4, -0.2) is 27.3 Å². The van der Waals surface area contributed by atoms with Crippen LogP contribution >= 0.6 is 0 Å². The molecule has 0 saturated carbocycles. The van der Waals surface area contributed by atoms with Gasteiger partial charge in [0, 0.05) is 31.5 Å². The van der Waals surface area contributed by atoms with Crippen LogP contribution in [0.1, 0.15) is 28.7 Å². The molecule has 7 nitrogen and oxygen atoms in total. The minimum atomic E-state index is -0.633. The second-order valence-corrected chi connectivity index (χ2v) is 5.16. The molecule has 2 N–H and O–H groups in total. The van der Waals surface area contributed by atoms with Gasteiger partial charge in [0.05, 0.1) is 12.4 Å². The summed E-state index contributed by atoms with van der Waals surface area (Å²) in [5, 5.41) is 16.5. The molecule has 3 aromatic heterocycles. The van der Waals surface area contributed by atoms with Gasteiger partial charge >= 0.3 is 0 Å². The monoisotopic (exact) mass is 315 g/mol. The molecule has 0 radical (unpaired) electrons. The molecule has 120 valence electrons. The van der Waals surface area contributed by atoms with Crippen LogP contribution in [0.3, 0.4) is 0 Å². The van der Waals surface area contributed by atoms with Crippen molar-refractivity contribution in [2.45, 2.75) is 12.5 Å². The molecule has 1 atom stereocenters. The average molecular weight is 315 g/mol. The van der Waals surface area contributed by atoms with Gasteiger partial charge in [0.15, 0.2) is 11.5 Å². The number of aromatic nitrogens is 2. The molecule has 0 aliphatic rings. The van der Waals surface area contributed by atoms with Crippen LogP contribution in [0.5, 0.6) is 0 Å². The van der Waals surface area contributed by atoms with Gasteiger partial charge in [-0.3, -0.25) is 4.79 Å². The van der Waals surface area contributed by atoms with Crippen LogP contribution in [0.2, 0.25) is 0 Å². The summed E-state index contributed by atoms with van der Waals surface area (Å²) in [6.07, 6.45) is 3.16. The number of furan rings is 1. The van der Waals surface area contributed by atoms with Crippen molar-refractivity contribution in [1.82, 2.24) is 15.0 Å². The van der Waals surface area contributed by atoms with Gasteiger partial charge in [-0.15, -0.1) is 0 Å². The number of aryl methyl sites for hydroxylation is 1. The van der Waals surface area contributed by atoms with E-state index in [0.29, 0.717) is 24.5 Å². The van der Waals surface area contributed by atoms with Crippen molar-refractivity contribution in [1.29, 1.82) is 0 Å². The lowest BCUT2D eigenvalue weighted by atomic mass is 10.2. The first-order chi connectivity index (χ1) is 11.1.